The van der Waals surface area contributed by atoms with E-state index in [-0.39, 0.29) is 5.75 Å². The van der Waals surface area contributed by atoms with Crippen molar-refractivity contribution in [2.75, 3.05) is 19.8 Å². The molecule has 0 saturated carbocycles. The van der Waals surface area contributed by atoms with E-state index in [1.54, 1.807) is 12.3 Å². The van der Waals surface area contributed by atoms with Crippen molar-refractivity contribution in [1.29, 1.82) is 0 Å². The Morgan fingerprint density at radius 3 is 1.74 bits per heavy atom. The molecule has 0 amide bonds. The van der Waals surface area contributed by atoms with Gasteiger partial charge in [-0.15, -0.1) is 0 Å². The molecular weight excluding hydrogens is 474 g/mol. The number of phenolic OH excluding ortho intramolecular Hbond substituents is 1. The number of rotatable bonds is 19. The molecule has 204 valence electrons. The molecule has 3 aromatic carbocycles. The van der Waals surface area contributed by atoms with Gasteiger partial charge in [0.25, 0.3) is 0 Å². The van der Waals surface area contributed by atoms with E-state index < -0.39 is 0 Å². The minimum Gasteiger partial charge on any atom is -0.507 e. The largest absolute Gasteiger partial charge is 0.507 e. The van der Waals surface area contributed by atoms with Gasteiger partial charge in [0.05, 0.1) is 25.5 Å². The van der Waals surface area contributed by atoms with E-state index in [2.05, 4.69) is 11.9 Å². The lowest BCUT2D eigenvalue weighted by molar-refractivity contribution is 0.287. The summed E-state index contributed by atoms with van der Waals surface area (Å²) < 4.78 is 17.4. The lowest BCUT2D eigenvalue weighted by atomic mass is 10.1. The summed E-state index contributed by atoms with van der Waals surface area (Å²) in [5.41, 5.74) is 1.46. The van der Waals surface area contributed by atoms with Gasteiger partial charge < -0.3 is 19.3 Å². The fourth-order valence-electron chi connectivity index (χ4n) is 4.02. The van der Waals surface area contributed by atoms with Crippen LogP contribution in [-0.4, -0.2) is 31.1 Å². The maximum Gasteiger partial charge on any atom is 0.128 e. The minimum absolute atomic E-state index is 0.156. The van der Waals surface area contributed by atoms with Crippen molar-refractivity contribution in [3.05, 3.63) is 78.4 Å². The van der Waals surface area contributed by atoms with Crippen molar-refractivity contribution in [2.24, 2.45) is 4.99 Å². The quantitative estimate of drug-likeness (QED) is 0.127. The van der Waals surface area contributed by atoms with Gasteiger partial charge in [-0.2, -0.15) is 0 Å². The second kappa shape index (κ2) is 17.9. The number of para-hydroxylation sites is 1. The molecule has 0 bridgehead atoms. The Morgan fingerprint density at radius 2 is 1.13 bits per heavy atom. The van der Waals surface area contributed by atoms with Gasteiger partial charge in [0.15, 0.2) is 0 Å². The first-order valence-electron chi connectivity index (χ1n) is 14.1. The summed E-state index contributed by atoms with van der Waals surface area (Å²) >= 11 is 0. The van der Waals surface area contributed by atoms with Crippen LogP contribution in [0.4, 0.5) is 5.69 Å². The summed E-state index contributed by atoms with van der Waals surface area (Å²) in [6.07, 6.45) is 13.4. The van der Waals surface area contributed by atoms with Crippen LogP contribution in [0.3, 0.4) is 0 Å². The molecule has 0 heterocycles. The molecule has 0 fully saturated rings. The number of phenols is 1. The van der Waals surface area contributed by atoms with E-state index in [9.17, 15) is 5.11 Å². The van der Waals surface area contributed by atoms with E-state index in [4.69, 9.17) is 14.2 Å². The monoisotopic (exact) mass is 517 g/mol. The lowest BCUT2D eigenvalue weighted by Crippen LogP contribution is -2.00. The third kappa shape index (κ3) is 11.7. The zero-order valence-electron chi connectivity index (χ0n) is 22.8. The summed E-state index contributed by atoms with van der Waals surface area (Å²) in [4.78, 5) is 4.49. The van der Waals surface area contributed by atoms with Crippen LogP contribution in [0.2, 0.25) is 0 Å². The highest BCUT2D eigenvalue weighted by molar-refractivity contribution is 5.85. The van der Waals surface area contributed by atoms with Gasteiger partial charge >= 0.3 is 0 Å². The number of hydrogen-bond acceptors (Lipinski definition) is 5. The molecule has 38 heavy (non-hydrogen) atoms. The number of aliphatic imine (C=N–C) groups is 1. The highest BCUT2D eigenvalue weighted by Gasteiger charge is 2.03. The number of nitrogens with zero attached hydrogens (tertiary/aromatic N) is 1. The SMILES string of the molecule is CCCCCCCCOc1ccc(N=Cc2ccc(OCCCCCCOc3ccccc3)cc2O)cc1. The number of benzene rings is 3. The Morgan fingerprint density at radius 1 is 0.605 bits per heavy atom. The molecule has 0 radical (unpaired) electrons. The number of aromatic hydroxyl groups is 1. The maximum absolute atomic E-state index is 10.4. The van der Waals surface area contributed by atoms with Crippen LogP contribution in [0.15, 0.2) is 77.8 Å². The minimum atomic E-state index is 0.156. The normalized spacial score (nSPS) is 11.1. The molecule has 0 aliphatic rings. The first kappa shape index (κ1) is 29.1. The van der Waals surface area contributed by atoms with Gasteiger partial charge in [-0.05, 0) is 80.6 Å². The van der Waals surface area contributed by atoms with E-state index >= 15 is 0 Å². The number of hydrogen-bond donors (Lipinski definition) is 1. The molecule has 0 aliphatic carbocycles. The molecule has 0 aromatic heterocycles. The van der Waals surface area contributed by atoms with Crippen molar-refractivity contribution < 1.29 is 19.3 Å². The zero-order chi connectivity index (χ0) is 26.7. The average Bonchev–Trinajstić information content (AvgIpc) is 2.95. The van der Waals surface area contributed by atoms with Gasteiger partial charge in [-0.25, -0.2) is 0 Å². The van der Waals surface area contributed by atoms with Gasteiger partial charge in [0.1, 0.15) is 23.0 Å². The van der Waals surface area contributed by atoms with Crippen LogP contribution in [0.25, 0.3) is 0 Å². The third-order valence-electron chi connectivity index (χ3n) is 6.28. The van der Waals surface area contributed by atoms with Crippen molar-refractivity contribution in [3.63, 3.8) is 0 Å². The highest BCUT2D eigenvalue weighted by Crippen LogP contribution is 2.24. The molecule has 1 N–H and O–H groups in total. The van der Waals surface area contributed by atoms with Crippen LogP contribution in [-0.2, 0) is 0 Å². The molecule has 0 unspecified atom stereocenters. The van der Waals surface area contributed by atoms with E-state index in [1.807, 2.05) is 66.7 Å². The maximum atomic E-state index is 10.4. The first-order valence-corrected chi connectivity index (χ1v) is 14.1. The zero-order valence-corrected chi connectivity index (χ0v) is 22.8. The Kier molecular flexibility index (Phi) is 13.7. The van der Waals surface area contributed by atoms with E-state index in [1.165, 1.54) is 32.1 Å². The van der Waals surface area contributed by atoms with Crippen LogP contribution < -0.4 is 14.2 Å². The molecule has 5 nitrogen and oxygen atoms in total. The Bertz CT molecular complexity index is 1050. The van der Waals surface area contributed by atoms with Crippen LogP contribution in [0.1, 0.15) is 76.7 Å². The molecule has 0 saturated heterocycles. The molecule has 0 atom stereocenters. The summed E-state index contributed by atoms with van der Waals surface area (Å²) in [7, 11) is 0. The number of ether oxygens (including phenoxy) is 3. The number of unbranched alkanes of at least 4 members (excludes halogenated alkanes) is 8. The summed E-state index contributed by atoms with van der Waals surface area (Å²) in [5.74, 6) is 2.61. The third-order valence-corrected chi connectivity index (χ3v) is 6.28. The lowest BCUT2D eigenvalue weighted by Gasteiger charge is -2.08. The van der Waals surface area contributed by atoms with Gasteiger partial charge in [0, 0.05) is 17.8 Å². The molecule has 0 aliphatic heterocycles. The fourth-order valence-corrected chi connectivity index (χ4v) is 4.02. The van der Waals surface area contributed by atoms with Crippen molar-refractivity contribution in [3.8, 4) is 23.0 Å². The predicted molar refractivity (Wildman–Crippen MR) is 157 cm³/mol. The Hall–Kier alpha value is -3.47. The predicted octanol–water partition coefficient (Wildman–Crippen LogP) is 8.90. The van der Waals surface area contributed by atoms with Crippen LogP contribution in [0.5, 0.6) is 23.0 Å². The molecule has 3 rings (SSSR count). The first-order chi connectivity index (χ1) is 18.7. The Balaban J connectivity index is 1.29. The molecular formula is C33H43NO4. The molecule has 3 aromatic rings. The molecule has 0 spiro atoms. The average molecular weight is 518 g/mol. The van der Waals surface area contributed by atoms with E-state index in [0.717, 1.165) is 62.5 Å². The van der Waals surface area contributed by atoms with Crippen LogP contribution >= 0.6 is 0 Å². The second-order valence-electron chi connectivity index (χ2n) is 9.51. The van der Waals surface area contributed by atoms with Gasteiger partial charge in [-0.3, -0.25) is 4.99 Å². The standard InChI is InChI=1S/C33H43NO4/c1-2-3-4-5-6-12-24-37-31-21-18-29(19-22-31)34-27-28-17-20-32(26-33(28)35)38-25-14-8-7-13-23-36-30-15-10-9-11-16-30/h9-11,15-22,26-27,35H,2-8,12-14,23-25H2,1H3. The van der Waals surface area contributed by atoms with Crippen molar-refractivity contribution in [1.82, 2.24) is 0 Å². The second-order valence-corrected chi connectivity index (χ2v) is 9.51. The topological polar surface area (TPSA) is 60.3 Å². The van der Waals surface area contributed by atoms with E-state index in [0.29, 0.717) is 17.9 Å². The molecule has 5 heteroatoms. The highest BCUT2D eigenvalue weighted by atomic mass is 16.5. The smallest absolute Gasteiger partial charge is 0.128 e. The van der Waals surface area contributed by atoms with Crippen molar-refractivity contribution in [2.45, 2.75) is 71.1 Å². The van der Waals surface area contributed by atoms with Gasteiger partial charge in [0.2, 0.25) is 0 Å². The van der Waals surface area contributed by atoms with Crippen LogP contribution in [0, 0.1) is 0 Å². The summed E-state index contributed by atoms with van der Waals surface area (Å²) in [6, 6.07) is 23.0. The van der Waals surface area contributed by atoms with Crippen molar-refractivity contribution >= 4 is 11.9 Å². The van der Waals surface area contributed by atoms with Gasteiger partial charge in [-0.1, -0.05) is 57.2 Å². The summed E-state index contributed by atoms with van der Waals surface area (Å²) in [5, 5.41) is 10.4. The Labute approximate surface area is 228 Å². The fraction of sp³-hybridized carbons (Fsp3) is 0.424. The summed E-state index contributed by atoms with van der Waals surface area (Å²) in [6.45, 7) is 4.35.